The number of carbonyl (C=O) groups is 1. The molecular weight excluding hydrogens is 310 g/mol. The number of pyridine rings is 1. The van der Waals surface area contributed by atoms with Crippen LogP contribution in [0.2, 0.25) is 0 Å². The largest absolute Gasteiger partial charge is 0.487 e. The van der Waals surface area contributed by atoms with E-state index < -0.39 is 0 Å². The van der Waals surface area contributed by atoms with Gasteiger partial charge in [-0.2, -0.15) is 0 Å². The van der Waals surface area contributed by atoms with E-state index in [4.69, 9.17) is 10.6 Å². The van der Waals surface area contributed by atoms with Gasteiger partial charge in [-0.1, -0.05) is 22.0 Å². The number of carbonyl (C=O) groups excluding carboxylic acids is 1. The topological polar surface area (TPSA) is 77.2 Å². The number of amides is 1. The monoisotopic (exact) mass is 321 g/mol. The van der Waals surface area contributed by atoms with Gasteiger partial charge in [-0.3, -0.25) is 15.2 Å². The molecule has 1 aromatic carbocycles. The van der Waals surface area contributed by atoms with E-state index in [1.165, 1.54) is 6.20 Å². The average Bonchev–Trinajstić information content (AvgIpc) is 2.45. The van der Waals surface area contributed by atoms with Gasteiger partial charge in [-0.25, -0.2) is 5.84 Å². The second kappa shape index (κ2) is 6.31. The van der Waals surface area contributed by atoms with Crippen molar-refractivity contribution in [2.24, 2.45) is 5.84 Å². The first-order valence-electron chi connectivity index (χ1n) is 5.53. The average molecular weight is 322 g/mol. The Bertz CT molecular complexity index is 572. The molecule has 0 saturated carbocycles. The smallest absolute Gasteiger partial charge is 0.266 e. The normalized spacial score (nSPS) is 10.0. The van der Waals surface area contributed by atoms with Gasteiger partial charge < -0.3 is 4.74 Å². The molecule has 0 aliphatic rings. The first-order chi connectivity index (χ1) is 9.19. The second-order valence-corrected chi connectivity index (χ2v) is 4.67. The lowest BCUT2D eigenvalue weighted by Crippen LogP contribution is -2.30. The van der Waals surface area contributed by atoms with Crippen LogP contribution in [-0.2, 0) is 6.61 Å². The number of nitrogens with two attached hydrogens (primary N) is 1. The highest BCUT2D eigenvalue weighted by molar-refractivity contribution is 9.10. The highest BCUT2D eigenvalue weighted by Gasteiger charge is 2.04. The molecule has 3 N–H and O–H groups in total. The summed E-state index contributed by atoms with van der Waals surface area (Å²) in [7, 11) is 0. The molecule has 1 aromatic heterocycles. The van der Waals surface area contributed by atoms with E-state index in [1.54, 1.807) is 12.1 Å². The van der Waals surface area contributed by atoms with Crippen LogP contribution in [0.4, 0.5) is 0 Å². The zero-order chi connectivity index (χ0) is 13.7. The minimum absolute atomic E-state index is 0.334. The maximum atomic E-state index is 11.2. The van der Waals surface area contributed by atoms with Crippen LogP contribution in [0.25, 0.3) is 0 Å². The fourth-order valence-corrected chi connectivity index (χ4v) is 1.82. The number of rotatable bonds is 4. The van der Waals surface area contributed by atoms with E-state index in [-0.39, 0.29) is 5.91 Å². The zero-order valence-corrected chi connectivity index (χ0v) is 11.6. The number of ether oxygens (including phenoxy) is 1. The molecule has 0 bridgehead atoms. The summed E-state index contributed by atoms with van der Waals surface area (Å²) in [6, 6.07) is 10.9. The minimum atomic E-state index is -0.369. The van der Waals surface area contributed by atoms with Crippen LogP contribution in [0.5, 0.6) is 5.75 Å². The van der Waals surface area contributed by atoms with Crippen molar-refractivity contribution in [1.82, 2.24) is 10.4 Å². The minimum Gasteiger partial charge on any atom is -0.487 e. The number of hydrogen-bond acceptors (Lipinski definition) is 4. The van der Waals surface area contributed by atoms with Crippen LogP contribution in [0.1, 0.15) is 16.1 Å². The summed E-state index contributed by atoms with van der Waals surface area (Å²) in [5.74, 6) is 5.42. The molecule has 0 aliphatic heterocycles. The molecule has 0 spiro atoms. The summed E-state index contributed by atoms with van der Waals surface area (Å²) in [5, 5.41) is 0. The van der Waals surface area contributed by atoms with E-state index >= 15 is 0 Å². The molecule has 2 rings (SSSR count). The number of halogens is 1. The van der Waals surface area contributed by atoms with Crippen molar-refractivity contribution >= 4 is 21.8 Å². The molecule has 98 valence electrons. The molecule has 1 amide bonds. The third kappa shape index (κ3) is 3.77. The Morgan fingerprint density at radius 2 is 2.21 bits per heavy atom. The Morgan fingerprint density at radius 3 is 2.84 bits per heavy atom. The van der Waals surface area contributed by atoms with Crippen LogP contribution >= 0.6 is 15.9 Å². The fourth-order valence-electron chi connectivity index (χ4n) is 1.44. The molecule has 2 aromatic rings. The Kier molecular flexibility index (Phi) is 4.48. The molecule has 0 aliphatic carbocycles. The van der Waals surface area contributed by atoms with Crippen molar-refractivity contribution < 1.29 is 9.53 Å². The van der Waals surface area contributed by atoms with Crippen LogP contribution in [-0.4, -0.2) is 10.9 Å². The van der Waals surface area contributed by atoms with E-state index in [1.807, 2.05) is 29.7 Å². The van der Waals surface area contributed by atoms with Gasteiger partial charge >= 0.3 is 0 Å². The third-order valence-electron chi connectivity index (χ3n) is 2.40. The van der Waals surface area contributed by atoms with Crippen molar-refractivity contribution in [2.75, 3.05) is 0 Å². The van der Waals surface area contributed by atoms with Crippen molar-refractivity contribution in [2.45, 2.75) is 6.61 Å². The molecule has 0 unspecified atom stereocenters. The predicted octanol–water partition coefficient (Wildman–Crippen LogP) is 2.03. The van der Waals surface area contributed by atoms with Gasteiger partial charge in [-0.15, -0.1) is 0 Å². The number of aromatic nitrogens is 1. The summed E-state index contributed by atoms with van der Waals surface area (Å²) in [6.07, 6.45) is 1.46. The Hall–Kier alpha value is -1.92. The maximum absolute atomic E-state index is 11.2. The standard InChI is InChI=1S/C13H12BrN3O2/c14-10-2-1-3-12(6-10)19-8-11-5-4-9(7-16-11)13(18)17-15/h1-7H,8,15H2,(H,17,18). The molecule has 19 heavy (non-hydrogen) atoms. The summed E-state index contributed by atoms with van der Waals surface area (Å²) in [4.78, 5) is 15.4. The highest BCUT2D eigenvalue weighted by Crippen LogP contribution is 2.18. The SMILES string of the molecule is NNC(=O)c1ccc(COc2cccc(Br)c2)nc1. The quantitative estimate of drug-likeness (QED) is 0.513. The van der Waals surface area contributed by atoms with Crippen molar-refractivity contribution in [3.8, 4) is 5.75 Å². The summed E-state index contributed by atoms with van der Waals surface area (Å²) in [6.45, 7) is 0.334. The lowest BCUT2D eigenvalue weighted by molar-refractivity contribution is 0.0953. The molecule has 0 atom stereocenters. The lowest BCUT2D eigenvalue weighted by atomic mass is 10.2. The zero-order valence-electron chi connectivity index (χ0n) is 9.97. The summed E-state index contributed by atoms with van der Waals surface area (Å²) < 4.78 is 6.53. The molecular formula is C13H12BrN3O2. The van der Waals surface area contributed by atoms with E-state index in [0.29, 0.717) is 12.2 Å². The lowest BCUT2D eigenvalue weighted by Gasteiger charge is -2.06. The van der Waals surface area contributed by atoms with Crippen molar-refractivity contribution in [1.29, 1.82) is 0 Å². The van der Waals surface area contributed by atoms with Crippen LogP contribution in [0.15, 0.2) is 47.1 Å². The number of hydrogen-bond donors (Lipinski definition) is 2. The van der Waals surface area contributed by atoms with Crippen LogP contribution < -0.4 is 16.0 Å². The number of nitrogen functional groups attached to an aromatic ring is 1. The molecule has 5 nitrogen and oxygen atoms in total. The van der Waals surface area contributed by atoms with Crippen LogP contribution in [0, 0.1) is 0 Å². The molecule has 0 saturated heterocycles. The Labute approximate surface area is 118 Å². The van der Waals surface area contributed by atoms with Gasteiger partial charge in [0.05, 0.1) is 11.3 Å². The third-order valence-corrected chi connectivity index (χ3v) is 2.89. The molecule has 6 heteroatoms. The number of benzene rings is 1. The molecule has 0 fully saturated rings. The first kappa shape index (κ1) is 13.5. The summed E-state index contributed by atoms with van der Waals surface area (Å²) in [5.41, 5.74) is 3.19. The van der Waals surface area contributed by atoms with E-state index in [2.05, 4.69) is 20.9 Å². The molecule has 0 radical (unpaired) electrons. The van der Waals surface area contributed by atoms with Crippen molar-refractivity contribution in [3.05, 3.63) is 58.3 Å². The van der Waals surface area contributed by atoms with Crippen molar-refractivity contribution in [3.63, 3.8) is 0 Å². The van der Waals surface area contributed by atoms with Gasteiger partial charge in [0.25, 0.3) is 5.91 Å². The number of hydrazine groups is 1. The van der Waals surface area contributed by atoms with Gasteiger partial charge in [0.2, 0.25) is 0 Å². The van der Waals surface area contributed by atoms with E-state index in [9.17, 15) is 4.79 Å². The van der Waals surface area contributed by atoms with Gasteiger partial charge in [-0.05, 0) is 30.3 Å². The number of nitrogens with one attached hydrogen (secondary N) is 1. The first-order valence-corrected chi connectivity index (χ1v) is 6.32. The van der Waals surface area contributed by atoms with E-state index in [0.717, 1.165) is 15.9 Å². The fraction of sp³-hybridized carbons (Fsp3) is 0.0769. The molecule has 1 heterocycles. The van der Waals surface area contributed by atoms with Gasteiger partial charge in [0.1, 0.15) is 12.4 Å². The van der Waals surface area contributed by atoms with Gasteiger partial charge in [0.15, 0.2) is 0 Å². The maximum Gasteiger partial charge on any atom is 0.266 e. The Morgan fingerprint density at radius 1 is 1.37 bits per heavy atom. The summed E-state index contributed by atoms with van der Waals surface area (Å²) >= 11 is 3.37. The Balaban J connectivity index is 1.98. The van der Waals surface area contributed by atoms with Crippen LogP contribution in [0.3, 0.4) is 0 Å². The van der Waals surface area contributed by atoms with Gasteiger partial charge in [0, 0.05) is 10.7 Å². The predicted molar refractivity (Wildman–Crippen MR) is 74.4 cm³/mol. The second-order valence-electron chi connectivity index (χ2n) is 3.76. The highest BCUT2D eigenvalue weighted by atomic mass is 79.9. The number of nitrogens with zero attached hydrogens (tertiary/aromatic N) is 1.